The number of esters is 2. The van der Waals surface area contributed by atoms with Gasteiger partial charge >= 0.3 is 11.9 Å². The summed E-state index contributed by atoms with van der Waals surface area (Å²) in [5.41, 5.74) is 0. The number of ether oxygens (including phenoxy) is 3. The minimum absolute atomic E-state index is 0.0568. The molecule has 0 aliphatic heterocycles. The van der Waals surface area contributed by atoms with Crippen LogP contribution in [0, 0.1) is 0 Å². The van der Waals surface area contributed by atoms with Crippen LogP contribution in [0.4, 0.5) is 0 Å². The first-order valence-corrected chi connectivity index (χ1v) is 29.4. The summed E-state index contributed by atoms with van der Waals surface area (Å²) < 4.78 is 17.4. The van der Waals surface area contributed by atoms with Crippen molar-refractivity contribution in [1.29, 1.82) is 0 Å². The molecule has 0 fully saturated rings. The van der Waals surface area contributed by atoms with Crippen LogP contribution in [0.15, 0.2) is 109 Å². The smallest absolute Gasteiger partial charge is 0.306 e. The van der Waals surface area contributed by atoms with E-state index < -0.39 is 6.10 Å². The van der Waals surface area contributed by atoms with Gasteiger partial charge in [-0.05, 0) is 128 Å². The van der Waals surface area contributed by atoms with Crippen LogP contribution in [0.1, 0.15) is 265 Å². The van der Waals surface area contributed by atoms with Crippen molar-refractivity contribution in [3.8, 4) is 0 Å². The Morgan fingerprint density at radius 1 is 0.329 bits per heavy atom. The lowest BCUT2D eigenvalue weighted by atomic mass is 10.1. The zero-order valence-corrected chi connectivity index (χ0v) is 46.0. The highest BCUT2D eigenvalue weighted by Crippen LogP contribution is 2.14. The normalized spacial score (nSPS) is 13.0. The first kappa shape index (κ1) is 66.6. The van der Waals surface area contributed by atoms with Crippen molar-refractivity contribution in [3.05, 3.63) is 109 Å². The Morgan fingerprint density at radius 2 is 0.643 bits per heavy atom. The number of carbonyl (C=O) groups is 2. The predicted molar refractivity (Wildman–Crippen MR) is 306 cm³/mol. The van der Waals surface area contributed by atoms with Crippen LogP contribution in [0.25, 0.3) is 0 Å². The Labute approximate surface area is 434 Å². The minimum Gasteiger partial charge on any atom is -0.462 e. The molecule has 0 rings (SSSR count). The molecular formula is C65H110O5. The Kier molecular flexibility index (Phi) is 56.9. The van der Waals surface area contributed by atoms with E-state index in [0.29, 0.717) is 19.4 Å². The van der Waals surface area contributed by atoms with E-state index in [1.165, 1.54) is 135 Å². The maximum atomic E-state index is 12.8. The highest BCUT2D eigenvalue weighted by Gasteiger charge is 2.17. The average Bonchev–Trinajstić information content (AvgIpc) is 3.36. The third-order valence-electron chi connectivity index (χ3n) is 12.3. The van der Waals surface area contributed by atoms with Gasteiger partial charge in [0.1, 0.15) is 6.61 Å². The fraction of sp³-hybridized carbons (Fsp3) is 0.692. The predicted octanol–water partition coefficient (Wildman–Crippen LogP) is 20.3. The summed E-state index contributed by atoms with van der Waals surface area (Å²) in [4.78, 5) is 25.5. The van der Waals surface area contributed by atoms with Gasteiger partial charge in [0, 0.05) is 19.4 Å². The summed E-state index contributed by atoms with van der Waals surface area (Å²) in [5.74, 6) is -0.456. The third kappa shape index (κ3) is 57.1. The molecule has 0 heterocycles. The fourth-order valence-electron chi connectivity index (χ4n) is 7.89. The highest BCUT2D eigenvalue weighted by atomic mass is 16.6. The lowest BCUT2D eigenvalue weighted by Crippen LogP contribution is -2.30. The number of unbranched alkanes of at least 4 members (excludes halogenated alkanes) is 24. The topological polar surface area (TPSA) is 61.8 Å². The molecule has 0 aromatic carbocycles. The van der Waals surface area contributed by atoms with Gasteiger partial charge in [-0.1, -0.05) is 233 Å². The van der Waals surface area contributed by atoms with Crippen LogP contribution in [-0.2, 0) is 23.8 Å². The summed E-state index contributed by atoms with van der Waals surface area (Å²) >= 11 is 0. The van der Waals surface area contributed by atoms with Crippen molar-refractivity contribution in [2.45, 2.75) is 271 Å². The fourth-order valence-corrected chi connectivity index (χ4v) is 7.89. The molecule has 0 amide bonds. The van der Waals surface area contributed by atoms with Crippen molar-refractivity contribution >= 4 is 11.9 Å². The second-order valence-electron chi connectivity index (χ2n) is 19.2. The molecule has 0 bridgehead atoms. The molecule has 70 heavy (non-hydrogen) atoms. The van der Waals surface area contributed by atoms with Crippen molar-refractivity contribution in [1.82, 2.24) is 0 Å². The largest absolute Gasteiger partial charge is 0.462 e. The van der Waals surface area contributed by atoms with Gasteiger partial charge in [0.15, 0.2) is 6.10 Å². The highest BCUT2D eigenvalue weighted by molar-refractivity contribution is 5.70. The monoisotopic (exact) mass is 971 g/mol. The Balaban J connectivity index is 4.36. The van der Waals surface area contributed by atoms with Gasteiger partial charge < -0.3 is 14.2 Å². The number of hydrogen-bond donors (Lipinski definition) is 0. The van der Waals surface area contributed by atoms with Crippen molar-refractivity contribution in [2.75, 3.05) is 19.8 Å². The first-order chi connectivity index (χ1) is 34.6. The molecule has 400 valence electrons. The van der Waals surface area contributed by atoms with Crippen LogP contribution in [0.3, 0.4) is 0 Å². The van der Waals surface area contributed by atoms with E-state index in [1.54, 1.807) is 0 Å². The zero-order valence-electron chi connectivity index (χ0n) is 46.0. The summed E-state index contributed by atoms with van der Waals surface area (Å²) in [6.07, 6.45) is 82.5. The molecule has 0 saturated heterocycles. The van der Waals surface area contributed by atoms with Gasteiger partial charge in [-0.2, -0.15) is 0 Å². The van der Waals surface area contributed by atoms with Crippen molar-refractivity contribution in [2.24, 2.45) is 0 Å². The summed E-state index contributed by atoms with van der Waals surface area (Å²) in [6, 6.07) is 0. The number of carbonyl (C=O) groups excluding carboxylic acids is 2. The van der Waals surface area contributed by atoms with E-state index in [9.17, 15) is 9.59 Å². The molecule has 1 unspecified atom stereocenters. The second kappa shape index (κ2) is 59.9. The van der Waals surface area contributed by atoms with Crippen LogP contribution >= 0.6 is 0 Å². The Morgan fingerprint density at radius 3 is 1.06 bits per heavy atom. The van der Waals surface area contributed by atoms with Gasteiger partial charge in [0.25, 0.3) is 0 Å². The molecule has 0 aliphatic rings. The van der Waals surface area contributed by atoms with Crippen molar-refractivity contribution < 1.29 is 23.8 Å². The van der Waals surface area contributed by atoms with Crippen LogP contribution < -0.4 is 0 Å². The minimum atomic E-state index is -0.573. The van der Waals surface area contributed by atoms with E-state index in [-0.39, 0.29) is 25.2 Å². The van der Waals surface area contributed by atoms with E-state index >= 15 is 0 Å². The molecule has 5 nitrogen and oxygen atoms in total. The molecule has 0 spiro atoms. The molecule has 0 aliphatic carbocycles. The summed E-state index contributed by atoms with van der Waals surface area (Å²) in [7, 11) is 0. The molecule has 0 saturated carbocycles. The van der Waals surface area contributed by atoms with Gasteiger partial charge in [0.05, 0.1) is 6.61 Å². The van der Waals surface area contributed by atoms with E-state index in [0.717, 1.165) is 96.3 Å². The SMILES string of the molecule is CC/C=C\C/C=C\C/C=C\C/C=C\CCCCC(=O)OC(COCCCCCCCCC/C=C\C/C=C\C/C=C\CCCCC)COC(=O)CCCCCCCCCCC/C=C\C/C=C\CCCCC. The lowest BCUT2D eigenvalue weighted by Gasteiger charge is -2.18. The van der Waals surface area contributed by atoms with E-state index in [1.807, 2.05) is 0 Å². The molecule has 0 N–H and O–H groups in total. The molecular weight excluding hydrogens is 861 g/mol. The molecule has 0 aromatic rings. The molecule has 1 atom stereocenters. The van der Waals surface area contributed by atoms with Gasteiger partial charge in [-0.25, -0.2) is 0 Å². The van der Waals surface area contributed by atoms with Gasteiger partial charge in [-0.15, -0.1) is 0 Å². The number of hydrogen-bond acceptors (Lipinski definition) is 5. The van der Waals surface area contributed by atoms with E-state index in [2.05, 4.69) is 130 Å². The van der Waals surface area contributed by atoms with Crippen molar-refractivity contribution in [3.63, 3.8) is 0 Å². The average molecular weight is 972 g/mol. The molecule has 5 heteroatoms. The first-order valence-electron chi connectivity index (χ1n) is 29.4. The van der Waals surface area contributed by atoms with Crippen LogP contribution in [0.2, 0.25) is 0 Å². The third-order valence-corrected chi connectivity index (χ3v) is 12.3. The van der Waals surface area contributed by atoms with Gasteiger partial charge in [0.2, 0.25) is 0 Å². The standard InChI is InChI=1S/C65H110O5/c1-4-7-10-13-16-19-22-25-28-30-32-34-36-39-42-45-48-51-54-57-60-68-61-63(70-65(67)59-56-53-50-47-44-41-37-27-24-21-18-15-12-9-6-3)62-69-64(66)58-55-52-49-46-43-40-38-35-33-31-29-26-23-20-17-14-11-8-5-2/h9,12,16-21,25-29,32,34,37,44,47,63H,4-8,10-11,13-15,22-24,30-31,33,35-36,38-43,45-46,48-62H2,1-3H3/b12-9-,19-16-,20-17-,21-18-,28-25-,29-26-,34-32-,37-27-,47-44-. The molecule has 0 radical (unpaired) electrons. The van der Waals surface area contributed by atoms with Gasteiger partial charge in [-0.3, -0.25) is 9.59 Å². The maximum Gasteiger partial charge on any atom is 0.306 e. The number of rotatable bonds is 53. The quantitative estimate of drug-likeness (QED) is 0.0345. The lowest BCUT2D eigenvalue weighted by molar-refractivity contribution is -0.163. The van der Waals surface area contributed by atoms with Crippen LogP contribution in [0.5, 0.6) is 0 Å². The Bertz CT molecular complexity index is 1380. The van der Waals surface area contributed by atoms with E-state index in [4.69, 9.17) is 14.2 Å². The zero-order chi connectivity index (χ0) is 50.6. The Hall–Kier alpha value is -3.44. The molecule has 0 aromatic heterocycles. The maximum absolute atomic E-state index is 12.8. The second-order valence-corrected chi connectivity index (χ2v) is 19.2. The van der Waals surface area contributed by atoms with Crippen LogP contribution in [-0.4, -0.2) is 37.9 Å². The summed E-state index contributed by atoms with van der Waals surface area (Å²) in [6.45, 7) is 7.60. The summed E-state index contributed by atoms with van der Waals surface area (Å²) in [5, 5.41) is 0. The number of allylic oxidation sites excluding steroid dienone is 18.